The van der Waals surface area contributed by atoms with Gasteiger partial charge in [-0.2, -0.15) is 5.10 Å². The maximum Gasteiger partial charge on any atom is 0.323 e. The molecule has 146 valence electrons. The van der Waals surface area contributed by atoms with Gasteiger partial charge in [0.25, 0.3) is 0 Å². The van der Waals surface area contributed by atoms with Gasteiger partial charge in [0.2, 0.25) is 0 Å². The summed E-state index contributed by atoms with van der Waals surface area (Å²) in [4.78, 5) is 12.4. The Balaban J connectivity index is 1.25. The van der Waals surface area contributed by atoms with Crippen LogP contribution in [0.3, 0.4) is 0 Å². The van der Waals surface area contributed by atoms with Crippen LogP contribution >= 0.6 is 0 Å². The highest BCUT2D eigenvalue weighted by molar-refractivity contribution is 6.05. The van der Waals surface area contributed by atoms with E-state index in [0.717, 1.165) is 65.2 Å². The molecule has 0 saturated heterocycles. The molecule has 0 bridgehead atoms. The SMILES string of the molecule is Cc1ccc(NC(=O)Nc2ccc(Cc3nnc4n3CCC4)cc2)c2[nH]ncc12. The molecule has 0 spiro atoms. The normalized spacial score (nSPS) is 12.9. The molecule has 0 aliphatic carbocycles. The molecule has 0 saturated carbocycles. The van der Waals surface area contributed by atoms with Gasteiger partial charge in [-0.05, 0) is 42.7 Å². The highest BCUT2D eigenvalue weighted by Crippen LogP contribution is 2.24. The average molecular weight is 387 g/mol. The molecule has 0 radical (unpaired) electrons. The number of hydrogen-bond donors (Lipinski definition) is 3. The van der Waals surface area contributed by atoms with E-state index in [1.807, 2.05) is 43.3 Å². The number of H-pyrrole nitrogens is 1. The second-order valence-electron chi connectivity index (χ2n) is 7.33. The molecule has 8 heteroatoms. The van der Waals surface area contributed by atoms with E-state index >= 15 is 0 Å². The zero-order chi connectivity index (χ0) is 19.8. The number of nitrogens with one attached hydrogen (secondary N) is 3. The number of carbonyl (C=O) groups excluding carboxylic acids is 1. The van der Waals surface area contributed by atoms with Crippen LogP contribution in [0.25, 0.3) is 10.9 Å². The van der Waals surface area contributed by atoms with Gasteiger partial charge in [-0.3, -0.25) is 5.10 Å². The molecule has 1 aliphatic heterocycles. The first-order chi connectivity index (χ1) is 14.2. The Morgan fingerprint density at radius 2 is 2.00 bits per heavy atom. The van der Waals surface area contributed by atoms with Crippen LogP contribution in [0.5, 0.6) is 0 Å². The van der Waals surface area contributed by atoms with Crippen LogP contribution in [0.4, 0.5) is 16.2 Å². The zero-order valence-corrected chi connectivity index (χ0v) is 16.1. The molecule has 2 aromatic carbocycles. The first-order valence-corrected chi connectivity index (χ1v) is 9.68. The smallest absolute Gasteiger partial charge is 0.315 e. The maximum absolute atomic E-state index is 12.4. The fraction of sp³-hybridized carbons (Fsp3) is 0.238. The van der Waals surface area contributed by atoms with E-state index in [4.69, 9.17) is 0 Å². The Bertz CT molecular complexity index is 1190. The topological polar surface area (TPSA) is 101 Å². The average Bonchev–Trinajstić information content (AvgIpc) is 3.44. The summed E-state index contributed by atoms with van der Waals surface area (Å²) in [6.45, 7) is 3.01. The fourth-order valence-corrected chi connectivity index (χ4v) is 3.79. The summed E-state index contributed by atoms with van der Waals surface area (Å²) >= 11 is 0. The van der Waals surface area contributed by atoms with Gasteiger partial charge in [-0.15, -0.1) is 10.2 Å². The van der Waals surface area contributed by atoms with Gasteiger partial charge >= 0.3 is 6.03 Å². The van der Waals surface area contributed by atoms with Crippen LogP contribution in [0.2, 0.25) is 0 Å². The molecule has 2 aromatic heterocycles. The number of aromatic nitrogens is 5. The third-order valence-corrected chi connectivity index (χ3v) is 5.34. The summed E-state index contributed by atoms with van der Waals surface area (Å²) < 4.78 is 2.21. The van der Waals surface area contributed by atoms with Crippen molar-refractivity contribution >= 4 is 28.3 Å². The lowest BCUT2D eigenvalue weighted by atomic mass is 10.1. The number of aryl methyl sites for hydroxylation is 2. The van der Waals surface area contributed by atoms with Crippen molar-refractivity contribution in [3.63, 3.8) is 0 Å². The largest absolute Gasteiger partial charge is 0.323 e. The molecule has 1 aliphatic rings. The van der Waals surface area contributed by atoms with E-state index in [9.17, 15) is 4.79 Å². The zero-order valence-electron chi connectivity index (χ0n) is 16.1. The number of amides is 2. The molecule has 2 amide bonds. The predicted molar refractivity (Wildman–Crippen MR) is 111 cm³/mol. The molecular formula is C21H21N7O. The summed E-state index contributed by atoms with van der Waals surface area (Å²) in [6, 6.07) is 11.3. The monoisotopic (exact) mass is 387 g/mol. The molecule has 0 unspecified atom stereocenters. The minimum Gasteiger partial charge on any atom is -0.315 e. The van der Waals surface area contributed by atoms with Gasteiger partial charge in [-0.1, -0.05) is 18.2 Å². The van der Waals surface area contributed by atoms with Crippen molar-refractivity contribution < 1.29 is 4.79 Å². The summed E-state index contributed by atoms with van der Waals surface area (Å²) in [7, 11) is 0. The Kier molecular flexibility index (Phi) is 4.23. The Labute approximate surface area is 167 Å². The lowest BCUT2D eigenvalue weighted by Crippen LogP contribution is -2.19. The van der Waals surface area contributed by atoms with E-state index in [0.29, 0.717) is 5.69 Å². The van der Waals surface area contributed by atoms with Crippen molar-refractivity contribution in [1.82, 2.24) is 25.0 Å². The molecule has 29 heavy (non-hydrogen) atoms. The lowest BCUT2D eigenvalue weighted by molar-refractivity contribution is 0.262. The second-order valence-corrected chi connectivity index (χ2v) is 7.33. The Hall–Kier alpha value is -3.68. The van der Waals surface area contributed by atoms with Crippen LogP contribution in [0, 0.1) is 6.92 Å². The van der Waals surface area contributed by atoms with Gasteiger partial charge < -0.3 is 15.2 Å². The molecule has 0 fully saturated rings. The maximum atomic E-state index is 12.4. The van der Waals surface area contributed by atoms with Crippen LogP contribution in [0.1, 0.15) is 29.2 Å². The number of carbonyl (C=O) groups is 1. The molecular weight excluding hydrogens is 366 g/mol. The van der Waals surface area contributed by atoms with Gasteiger partial charge in [0, 0.05) is 30.5 Å². The van der Waals surface area contributed by atoms with Crippen molar-refractivity contribution in [2.24, 2.45) is 0 Å². The third-order valence-electron chi connectivity index (χ3n) is 5.34. The first kappa shape index (κ1) is 17.4. The molecule has 3 N–H and O–H groups in total. The minimum atomic E-state index is -0.298. The molecule has 4 aromatic rings. The number of fused-ring (bicyclic) bond motifs is 2. The number of nitrogens with zero attached hydrogens (tertiary/aromatic N) is 4. The van der Waals surface area contributed by atoms with Crippen LogP contribution in [0.15, 0.2) is 42.6 Å². The summed E-state index contributed by atoms with van der Waals surface area (Å²) in [6.07, 6.45) is 4.65. The van der Waals surface area contributed by atoms with Crippen molar-refractivity contribution in [3.05, 3.63) is 65.4 Å². The second kappa shape index (κ2) is 7.05. The van der Waals surface area contributed by atoms with E-state index in [2.05, 4.69) is 35.6 Å². The van der Waals surface area contributed by atoms with Crippen molar-refractivity contribution in [1.29, 1.82) is 0 Å². The van der Waals surface area contributed by atoms with Crippen LogP contribution < -0.4 is 10.6 Å². The van der Waals surface area contributed by atoms with Gasteiger partial charge in [-0.25, -0.2) is 4.79 Å². The predicted octanol–water partition coefficient (Wildman–Crippen LogP) is 3.64. The van der Waals surface area contributed by atoms with Gasteiger partial charge in [0.05, 0.1) is 17.4 Å². The number of hydrogen-bond acceptors (Lipinski definition) is 4. The lowest BCUT2D eigenvalue weighted by Gasteiger charge is -2.10. The van der Waals surface area contributed by atoms with Crippen molar-refractivity contribution in [2.45, 2.75) is 32.7 Å². The summed E-state index contributed by atoms with van der Waals surface area (Å²) in [5.74, 6) is 2.08. The van der Waals surface area contributed by atoms with Gasteiger partial charge in [0.1, 0.15) is 11.6 Å². The van der Waals surface area contributed by atoms with E-state index in [1.54, 1.807) is 6.20 Å². The number of urea groups is 1. The quantitative estimate of drug-likeness (QED) is 0.498. The highest BCUT2D eigenvalue weighted by Gasteiger charge is 2.17. The first-order valence-electron chi connectivity index (χ1n) is 9.68. The van der Waals surface area contributed by atoms with Crippen LogP contribution in [-0.2, 0) is 19.4 Å². The number of rotatable bonds is 4. The van der Waals surface area contributed by atoms with Crippen LogP contribution in [-0.4, -0.2) is 31.0 Å². The minimum absolute atomic E-state index is 0.298. The molecule has 8 nitrogen and oxygen atoms in total. The number of anilines is 2. The Morgan fingerprint density at radius 1 is 1.14 bits per heavy atom. The molecule has 3 heterocycles. The standard InChI is InChI=1S/C21H21N7O/c1-13-4-9-17(20-16(13)12-22-27-20)24-21(29)23-15-7-5-14(6-8-15)11-19-26-25-18-3-2-10-28(18)19/h4-9,12H,2-3,10-11H2,1H3,(H,22,27)(H2,23,24,29). The summed E-state index contributed by atoms with van der Waals surface area (Å²) in [5.41, 5.74) is 4.48. The number of aromatic amines is 1. The van der Waals surface area contributed by atoms with Crippen molar-refractivity contribution in [3.8, 4) is 0 Å². The fourth-order valence-electron chi connectivity index (χ4n) is 3.79. The van der Waals surface area contributed by atoms with Crippen molar-refractivity contribution in [2.75, 3.05) is 10.6 Å². The third kappa shape index (κ3) is 3.33. The van der Waals surface area contributed by atoms with E-state index < -0.39 is 0 Å². The number of benzene rings is 2. The molecule has 5 rings (SSSR count). The molecule has 0 atom stereocenters. The highest BCUT2D eigenvalue weighted by atomic mass is 16.2. The van der Waals surface area contributed by atoms with Gasteiger partial charge in [0.15, 0.2) is 0 Å². The van der Waals surface area contributed by atoms with E-state index in [1.165, 1.54) is 0 Å². The summed E-state index contributed by atoms with van der Waals surface area (Å²) in [5, 5.41) is 22.3. The van der Waals surface area contributed by atoms with E-state index in [-0.39, 0.29) is 6.03 Å². The Morgan fingerprint density at radius 3 is 2.86 bits per heavy atom.